The molecule has 0 saturated heterocycles. The number of H-pyrrole nitrogens is 1. The zero-order valence-electron chi connectivity index (χ0n) is 9.49. The van der Waals surface area contributed by atoms with Gasteiger partial charge in [0.25, 0.3) is 0 Å². The number of rotatable bonds is 3. The molecule has 1 aromatic rings. The molecule has 0 aromatic carbocycles. The Morgan fingerprint density at radius 3 is 2.81 bits per heavy atom. The van der Waals surface area contributed by atoms with Crippen LogP contribution in [0, 0.1) is 5.41 Å². The third kappa shape index (κ3) is 2.37. The second-order valence-corrected chi connectivity index (χ2v) is 4.63. The van der Waals surface area contributed by atoms with Crippen LogP contribution < -0.4 is 5.32 Å². The lowest BCUT2D eigenvalue weighted by atomic mass is 9.75. The van der Waals surface area contributed by atoms with E-state index < -0.39 is 0 Å². The van der Waals surface area contributed by atoms with Gasteiger partial charge in [0.1, 0.15) is 0 Å². The molecular weight excluding hydrogens is 206 g/mol. The standard InChI is InChI=1S/C10H17N5O/c1-10(5-3-2-4-6-10)9(16)11-7-8-12-14-15-13-8/h2-7H2,1H3,(H,11,16)(H,12,13,14,15). The predicted octanol–water partition coefficient (Wildman–Crippen LogP) is 0.786. The average Bonchev–Trinajstić information content (AvgIpc) is 2.79. The maximum absolute atomic E-state index is 12.0. The zero-order valence-corrected chi connectivity index (χ0v) is 9.49. The fraction of sp³-hybridized carbons (Fsp3) is 0.800. The molecule has 1 aromatic heterocycles. The first-order valence-electron chi connectivity index (χ1n) is 5.71. The van der Waals surface area contributed by atoms with Crippen LogP contribution in [0.4, 0.5) is 0 Å². The van der Waals surface area contributed by atoms with Gasteiger partial charge in [-0.05, 0) is 12.8 Å². The number of tetrazole rings is 1. The van der Waals surface area contributed by atoms with Gasteiger partial charge in [0, 0.05) is 5.41 Å². The lowest BCUT2D eigenvalue weighted by molar-refractivity contribution is -0.132. The molecule has 0 spiro atoms. The summed E-state index contributed by atoms with van der Waals surface area (Å²) >= 11 is 0. The van der Waals surface area contributed by atoms with Gasteiger partial charge in [0.15, 0.2) is 5.82 Å². The molecule has 1 heterocycles. The number of amides is 1. The normalized spacial score (nSPS) is 19.3. The number of nitrogens with zero attached hydrogens (tertiary/aromatic N) is 3. The molecule has 16 heavy (non-hydrogen) atoms. The van der Waals surface area contributed by atoms with Crippen molar-refractivity contribution in [1.82, 2.24) is 25.9 Å². The van der Waals surface area contributed by atoms with Gasteiger partial charge in [-0.15, -0.1) is 10.2 Å². The number of aromatic nitrogens is 4. The summed E-state index contributed by atoms with van der Waals surface area (Å²) in [5, 5.41) is 16.3. The summed E-state index contributed by atoms with van der Waals surface area (Å²) in [6, 6.07) is 0. The highest BCUT2D eigenvalue weighted by Gasteiger charge is 2.34. The Labute approximate surface area is 94.2 Å². The van der Waals surface area contributed by atoms with Crippen molar-refractivity contribution in [3.63, 3.8) is 0 Å². The Morgan fingerprint density at radius 2 is 2.19 bits per heavy atom. The van der Waals surface area contributed by atoms with Crippen molar-refractivity contribution in [3.8, 4) is 0 Å². The van der Waals surface area contributed by atoms with Crippen molar-refractivity contribution in [2.75, 3.05) is 0 Å². The van der Waals surface area contributed by atoms with Crippen LogP contribution in [-0.2, 0) is 11.3 Å². The smallest absolute Gasteiger partial charge is 0.226 e. The maximum atomic E-state index is 12.0. The summed E-state index contributed by atoms with van der Waals surface area (Å²) < 4.78 is 0. The first kappa shape index (κ1) is 11.0. The van der Waals surface area contributed by atoms with E-state index in [1.165, 1.54) is 6.42 Å². The van der Waals surface area contributed by atoms with Gasteiger partial charge in [-0.1, -0.05) is 31.4 Å². The van der Waals surface area contributed by atoms with E-state index in [4.69, 9.17) is 0 Å². The van der Waals surface area contributed by atoms with Gasteiger partial charge in [-0.2, -0.15) is 5.21 Å². The van der Waals surface area contributed by atoms with E-state index in [1.54, 1.807) is 0 Å². The molecule has 1 saturated carbocycles. The number of carbonyl (C=O) groups excluding carboxylic acids is 1. The Bertz CT molecular complexity index is 342. The largest absolute Gasteiger partial charge is 0.348 e. The van der Waals surface area contributed by atoms with Gasteiger partial charge in [0.2, 0.25) is 5.91 Å². The van der Waals surface area contributed by atoms with E-state index in [2.05, 4.69) is 25.9 Å². The minimum absolute atomic E-state index is 0.108. The fourth-order valence-electron chi connectivity index (χ4n) is 2.19. The first-order chi connectivity index (χ1) is 7.71. The van der Waals surface area contributed by atoms with Crippen LogP contribution in [0.1, 0.15) is 44.9 Å². The van der Waals surface area contributed by atoms with Crippen LogP contribution in [0.2, 0.25) is 0 Å². The fourth-order valence-corrected chi connectivity index (χ4v) is 2.19. The second kappa shape index (κ2) is 4.59. The summed E-state index contributed by atoms with van der Waals surface area (Å²) in [5.74, 6) is 0.629. The van der Waals surface area contributed by atoms with Crippen LogP contribution >= 0.6 is 0 Å². The van der Waals surface area contributed by atoms with E-state index in [9.17, 15) is 4.79 Å². The molecule has 0 atom stereocenters. The van der Waals surface area contributed by atoms with Crippen LogP contribution in [-0.4, -0.2) is 26.5 Å². The van der Waals surface area contributed by atoms with Crippen molar-refractivity contribution in [2.24, 2.45) is 5.41 Å². The van der Waals surface area contributed by atoms with Crippen LogP contribution in [0.25, 0.3) is 0 Å². The quantitative estimate of drug-likeness (QED) is 0.793. The molecule has 1 aliphatic carbocycles. The highest BCUT2D eigenvalue weighted by atomic mass is 16.2. The van der Waals surface area contributed by atoms with Crippen molar-refractivity contribution in [1.29, 1.82) is 0 Å². The molecule has 1 aliphatic rings. The molecular formula is C10H17N5O. The van der Waals surface area contributed by atoms with Gasteiger partial charge < -0.3 is 5.32 Å². The molecule has 6 heteroatoms. The van der Waals surface area contributed by atoms with E-state index in [1.807, 2.05) is 6.92 Å². The number of carbonyl (C=O) groups is 1. The van der Waals surface area contributed by atoms with Crippen LogP contribution in [0.5, 0.6) is 0 Å². The summed E-state index contributed by atoms with van der Waals surface area (Å²) in [6.07, 6.45) is 5.49. The molecule has 0 aliphatic heterocycles. The van der Waals surface area contributed by atoms with Gasteiger partial charge >= 0.3 is 0 Å². The zero-order chi connectivity index (χ0) is 11.4. The molecule has 2 rings (SSSR count). The predicted molar refractivity (Wildman–Crippen MR) is 57.2 cm³/mol. The summed E-state index contributed by atoms with van der Waals surface area (Å²) in [6.45, 7) is 2.39. The van der Waals surface area contributed by atoms with Gasteiger partial charge in [-0.3, -0.25) is 4.79 Å². The number of hydrogen-bond acceptors (Lipinski definition) is 4. The van der Waals surface area contributed by atoms with E-state index in [0.717, 1.165) is 25.7 Å². The minimum atomic E-state index is -0.206. The number of aromatic amines is 1. The Morgan fingerprint density at radius 1 is 1.44 bits per heavy atom. The molecule has 0 unspecified atom stereocenters. The molecule has 0 radical (unpaired) electrons. The van der Waals surface area contributed by atoms with Crippen LogP contribution in [0.3, 0.4) is 0 Å². The van der Waals surface area contributed by atoms with Crippen molar-refractivity contribution >= 4 is 5.91 Å². The second-order valence-electron chi connectivity index (χ2n) is 4.63. The monoisotopic (exact) mass is 223 g/mol. The Hall–Kier alpha value is -1.46. The van der Waals surface area contributed by atoms with Gasteiger partial charge in [0.05, 0.1) is 6.54 Å². The Balaban J connectivity index is 1.87. The van der Waals surface area contributed by atoms with Crippen molar-refractivity contribution < 1.29 is 4.79 Å². The highest BCUT2D eigenvalue weighted by molar-refractivity contribution is 5.82. The van der Waals surface area contributed by atoms with E-state index in [-0.39, 0.29) is 11.3 Å². The van der Waals surface area contributed by atoms with E-state index in [0.29, 0.717) is 12.4 Å². The molecule has 2 N–H and O–H groups in total. The molecule has 1 amide bonds. The molecule has 6 nitrogen and oxygen atoms in total. The molecule has 0 bridgehead atoms. The van der Waals surface area contributed by atoms with E-state index >= 15 is 0 Å². The number of nitrogens with one attached hydrogen (secondary N) is 2. The SMILES string of the molecule is CC1(C(=O)NCc2nn[nH]n2)CCCCC1. The molecule has 1 fully saturated rings. The number of hydrogen-bond donors (Lipinski definition) is 2. The third-order valence-corrected chi connectivity index (χ3v) is 3.30. The van der Waals surface area contributed by atoms with Gasteiger partial charge in [-0.25, -0.2) is 0 Å². The lowest BCUT2D eigenvalue weighted by Crippen LogP contribution is -2.40. The minimum Gasteiger partial charge on any atom is -0.348 e. The Kier molecular flexibility index (Phi) is 3.17. The summed E-state index contributed by atoms with van der Waals surface area (Å²) in [4.78, 5) is 12.0. The lowest BCUT2D eigenvalue weighted by Gasteiger charge is -2.31. The van der Waals surface area contributed by atoms with Crippen LogP contribution in [0.15, 0.2) is 0 Å². The molecule has 88 valence electrons. The van der Waals surface area contributed by atoms with Crippen molar-refractivity contribution in [2.45, 2.75) is 45.6 Å². The first-order valence-corrected chi connectivity index (χ1v) is 5.71. The van der Waals surface area contributed by atoms with Crippen molar-refractivity contribution in [3.05, 3.63) is 5.82 Å². The maximum Gasteiger partial charge on any atom is 0.226 e. The average molecular weight is 223 g/mol. The summed E-state index contributed by atoms with van der Waals surface area (Å²) in [5.41, 5.74) is -0.206. The highest BCUT2D eigenvalue weighted by Crippen LogP contribution is 2.35. The third-order valence-electron chi connectivity index (χ3n) is 3.30. The summed E-state index contributed by atoms with van der Waals surface area (Å²) in [7, 11) is 0. The topological polar surface area (TPSA) is 83.6 Å².